The number of rotatable bonds is 4. The van der Waals surface area contributed by atoms with Gasteiger partial charge in [-0.1, -0.05) is 6.92 Å². The average molecular weight is 170 g/mol. The van der Waals surface area contributed by atoms with Crippen LogP contribution in [0, 0.1) is 5.92 Å². The van der Waals surface area contributed by atoms with E-state index in [-0.39, 0.29) is 0 Å². The lowest BCUT2D eigenvalue weighted by atomic mass is 9.81. The summed E-state index contributed by atoms with van der Waals surface area (Å²) in [5.41, 5.74) is 0. The van der Waals surface area contributed by atoms with Crippen molar-refractivity contribution in [3.8, 4) is 0 Å². The summed E-state index contributed by atoms with van der Waals surface area (Å²) in [5, 5.41) is 0. The number of likely N-dealkylation sites (N-methyl/N-ethyl adjacent to an activating group) is 2. The third-order valence-corrected chi connectivity index (χ3v) is 2.87. The molecule has 1 aliphatic rings. The molecule has 2 heteroatoms. The summed E-state index contributed by atoms with van der Waals surface area (Å²) in [7, 11) is 6.52. The molecule has 0 amide bonds. The second-order valence-corrected chi connectivity index (χ2v) is 4.51. The van der Waals surface area contributed by atoms with Crippen molar-refractivity contribution in [1.29, 1.82) is 0 Å². The molecule has 0 aromatic heterocycles. The van der Waals surface area contributed by atoms with E-state index in [2.05, 4.69) is 37.9 Å². The molecule has 0 N–H and O–H groups in total. The maximum atomic E-state index is 2.50. The van der Waals surface area contributed by atoms with Crippen molar-refractivity contribution < 1.29 is 0 Å². The number of hydrogen-bond donors (Lipinski definition) is 0. The van der Waals surface area contributed by atoms with Gasteiger partial charge in [-0.15, -0.1) is 0 Å². The van der Waals surface area contributed by atoms with Gasteiger partial charge in [0, 0.05) is 19.1 Å². The van der Waals surface area contributed by atoms with Gasteiger partial charge < -0.3 is 9.80 Å². The van der Waals surface area contributed by atoms with E-state index in [0.29, 0.717) is 0 Å². The fraction of sp³-hybridized carbons (Fsp3) is 1.00. The van der Waals surface area contributed by atoms with Crippen molar-refractivity contribution in [3.63, 3.8) is 0 Å². The van der Waals surface area contributed by atoms with Gasteiger partial charge in [-0.3, -0.25) is 0 Å². The Balaban J connectivity index is 2.08. The van der Waals surface area contributed by atoms with E-state index in [1.165, 1.54) is 25.9 Å². The Morgan fingerprint density at radius 1 is 1.08 bits per heavy atom. The van der Waals surface area contributed by atoms with Crippen LogP contribution >= 0.6 is 0 Å². The second kappa shape index (κ2) is 4.24. The normalized spacial score (nSPS) is 29.5. The van der Waals surface area contributed by atoms with Crippen molar-refractivity contribution in [2.75, 3.05) is 34.2 Å². The molecule has 0 bridgehead atoms. The van der Waals surface area contributed by atoms with Crippen LogP contribution in [-0.2, 0) is 0 Å². The van der Waals surface area contributed by atoms with Crippen molar-refractivity contribution in [2.45, 2.75) is 25.8 Å². The van der Waals surface area contributed by atoms with Gasteiger partial charge in [0.1, 0.15) is 0 Å². The minimum Gasteiger partial charge on any atom is -0.308 e. The molecule has 2 nitrogen and oxygen atoms in total. The summed E-state index contributed by atoms with van der Waals surface area (Å²) >= 11 is 0. The summed E-state index contributed by atoms with van der Waals surface area (Å²) in [4.78, 5) is 4.75. The molecule has 0 spiro atoms. The van der Waals surface area contributed by atoms with Crippen LogP contribution in [0.15, 0.2) is 0 Å². The molecular formula is C10H22N2. The van der Waals surface area contributed by atoms with Crippen LogP contribution in [0.4, 0.5) is 0 Å². The summed E-state index contributed by atoms with van der Waals surface area (Å²) in [6.07, 6.45) is 2.81. The average Bonchev–Trinajstić information content (AvgIpc) is 1.94. The van der Waals surface area contributed by atoms with Gasteiger partial charge in [-0.05, 0) is 39.9 Å². The molecule has 0 saturated heterocycles. The Hall–Kier alpha value is -0.0800. The first kappa shape index (κ1) is 10.0. The molecule has 1 fully saturated rings. The van der Waals surface area contributed by atoms with Gasteiger partial charge in [0.25, 0.3) is 0 Å². The molecule has 12 heavy (non-hydrogen) atoms. The third kappa shape index (κ3) is 2.76. The Kier molecular flexibility index (Phi) is 3.53. The number of nitrogens with zero attached hydrogens (tertiary/aromatic N) is 2. The van der Waals surface area contributed by atoms with E-state index in [0.717, 1.165) is 12.0 Å². The van der Waals surface area contributed by atoms with Gasteiger partial charge in [0.15, 0.2) is 0 Å². The molecule has 1 saturated carbocycles. The molecule has 0 aromatic rings. The molecule has 1 aliphatic carbocycles. The van der Waals surface area contributed by atoms with E-state index in [1.54, 1.807) is 0 Å². The van der Waals surface area contributed by atoms with Gasteiger partial charge in [-0.2, -0.15) is 0 Å². The molecule has 0 heterocycles. The predicted molar refractivity (Wildman–Crippen MR) is 53.4 cm³/mol. The van der Waals surface area contributed by atoms with Crippen molar-refractivity contribution in [2.24, 2.45) is 5.92 Å². The lowest BCUT2D eigenvalue weighted by Crippen LogP contribution is -2.44. The lowest BCUT2D eigenvalue weighted by Gasteiger charge is -2.40. The minimum atomic E-state index is 0.875. The van der Waals surface area contributed by atoms with E-state index in [1.807, 2.05) is 0 Å². The first-order valence-corrected chi connectivity index (χ1v) is 4.94. The van der Waals surface area contributed by atoms with Gasteiger partial charge in [0.2, 0.25) is 0 Å². The van der Waals surface area contributed by atoms with Crippen LogP contribution in [0.3, 0.4) is 0 Å². The van der Waals surface area contributed by atoms with Gasteiger partial charge >= 0.3 is 0 Å². The van der Waals surface area contributed by atoms with Crippen LogP contribution in [0.5, 0.6) is 0 Å². The molecular weight excluding hydrogens is 148 g/mol. The maximum Gasteiger partial charge on any atom is 0.0109 e. The topological polar surface area (TPSA) is 6.48 Å². The molecule has 0 radical (unpaired) electrons. The molecule has 0 atom stereocenters. The standard InChI is InChI=1S/C10H22N2/c1-9-7-10(8-9)12(4)6-5-11(2)3/h9-10H,5-8H2,1-4H3. The zero-order chi connectivity index (χ0) is 9.14. The molecule has 1 rings (SSSR count). The summed E-state index contributed by atoms with van der Waals surface area (Å²) in [5.74, 6) is 0.969. The van der Waals surface area contributed by atoms with E-state index in [4.69, 9.17) is 0 Å². The van der Waals surface area contributed by atoms with Crippen LogP contribution in [0.2, 0.25) is 0 Å². The summed E-state index contributed by atoms with van der Waals surface area (Å²) < 4.78 is 0. The highest BCUT2D eigenvalue weighted by Crippen LogP contribution is 2.29. The monoisotopic (exact) mass is 170 g/mol. The quantitative estimate of drug-likeness (QED) is 0.627. The SMILES string of the molecule is CC1CC(N(C)CCN(C)C)C1. The maximum absolute atomic E-state index is 2.50. The minimum absolute atomic E-state index is 0.875. The van der Waals surface area contributed by atoms with Crippen LogP contribution in [0.25, 0.3) is 0 Å². The van der Waals surface area contributed by atoms with E-state index >= 15 is 0 Å². The lowest BCUT2D eigenvalue weighted by molar-refractivity contribution is 0.104. The fourth-order valence-electron chi connectivity index (χ4n) is 1.76. The van der Waals surface area contributed by atoms with Gasteiger partial charge in [-0.25, -0.2) is 0 Å². The highest BCUT2D eigenvalue weighted by Gasteiger charge is 2.28. The number of hydrogen-bond acceptors (Lipinski definition) is 2. The van der Waals surface area contributed by atoms with Crippen molar-refractivity contribution in [1.82, 2.24) is 9.80 Å². The largest absolute Gasteiger partial charge is 0.308 e. The molecule has 0 unspecified atom stereocenters. The predicted octanol–water partition coefficient (Wildman–Crippen LogP) is 1.28. The van der Waals surface area contributed by atoms with Crippen LogP contribution in [0.1, 0.15) is 19.8 Å². The zero-order valence-electron chi connectivity index (χ0n) is 8.88. The molecule has 0 aromatic carbocycles. The second-order valence-electron chi connectivity index (χ2n) is 4.51. The van der Waals surface area contributed by atoms with Crippen LogP contribution in [-0.4, -0.2) is 50.1 Å². The first-order valence-electron chi connectivity index (χ1n) is 4.94. The Morgan fingerprint density at radius 3 is 2.08 bits per heavy atom. The van der Waals surface area contributed by atoms with E-state index < -0.39 is 0 Å². The van der Waals surface area contributed by atoms with Crippen molar-refractivity contribution >= 4 is 0 Å². The van der Waals surface area contributed by atoms with E-state index in [9.17, 15) is 0 Å². The zero-order valence-corrected chi connectivity index (χ0v) is 8.88. The Morgan fingerprint density at radius 2 is 1.67 bits per heavy atom. The third-order valence-electron chi connectivity index (χ3n) is 2.87. The Labute approximate surface area is 76.5 Å². The summed E-state index contributed by atoms with van der Waals surface area (Å²) in [6.45, 7) is 4.74. The first-order chi connectivity index (χ1) is 5.59. The molecule has 72 valence electrons. The highest BCUT2D eigenvalue weighted by molar-refractivity contribution is 4.83. The summed E-state index contributed by atoms with van der Waals surface area (Å²) in [6, 6.07) is 0.875. The Bertz CT molecular complexity index is 128. The van der Waals surface area contributed by atoms with Crippen molar-refractivity contribution in [3.05, 3.63) is 0 Å². The van der Waals surface area contributed by atoms with Crippen LogP contribution < -0.4 is 0 Å². The fourth-order valence-corrected chi connectivity index (χ4v) is 1.76. The smallest absolute Gasteiger partial charge is 0.0109 e. The molecule has 0 aliphatic heterocycles. The highest BCUT2D eigenvalue weighted by atomic mass is 15.2. The van der Waals surface area contributed by atoms with Gasteiger partial charge in [0.05, 0.1) is 0 Å².